The average Bonchev–Trinajstić information content (AvgIpc) is 2.94. The summed E-state index contributed by atoms with van der Waals surface area (Å²) in [5.74, 6) is -0.251. The lowest BCUT2D eigenvalue weighted by Gasteiger charge is -2.03. The van der Waals surface area contributed by atoms with E-state index in [4.69, 9.17) is 4.74 Å². The normalized spacial score (nSPS) is 15.4. The third-order valence-corrected chi connectivity index (χ3v) is 2.70. The molecule has 1 aromatic heterocycles. The second-order valence-corrected chi connectivity index (χ2v) is 3.94. The highest BCUT2D eigenvalue weighted by Gasteiger charge is 2.29. The number of aryl methyl sites for hydroxylation is 1. The number of hydrogen-bond donors (Lipinski definition) is 0. The molecule has 0 radical (unpaired) electrons. The first-order valence-electron chi connectivity index (χ1n) is 5.38. The number of carbonyl (C=O) groups is 1. The molecule has 0 saturated heterocycles. The van der Waals surface area contributed by atoms with Gasteiger partial charge in [0.2, 0.25) is 0 Å². The van der Waals surface area contributed by atoms with E-state index in [1.165, 1.54) is 12.8 Å². The molecule has 0 spiro atoms. The largest absolute Gasteiger partial charge is 0.462 e. The van der Waals surface area contributed by atoms with E-state index in [0.717, 1.165) is 11.4 Å². The SMILES string of the molecule is CCOC(=O)c1c(C)nn(C2CC2)c1C. The molecular weight excluding hydrogens is 192 g/mol. The lowest BCUT2D eigenvalue weighted by molar-refractivity contribution is 0.0524. The molecule has 0 bridgehead atoms. The molecule has 1 aromatic rings. The number of esters is 1. The molecule has 0 N–H and O–H groups in total. The minimum absolute atomic E-state index is 0.251. The Bertz CT molecular complexity index is 392. The van der Waals surface area contributed by atoms with Crippen molar-refractivity contribution >= 4 is 5.97 Å². The fourth-order valence-electron chi connectivity index (χ4n) is 1.84. The Balaban J connectivity index is 2.33. The molecule has 1 heterocycles. The molecule has 1 aliphatic rings. The minimum atomic E-state index is -0.251. The highest BCUT2D eigenvalue weighted by atomic mass is 16.5. The summed E-state index contributed by atoms with van der Waals surface area (Å²) in [4.78, 5) is 11.7. The number of ether oxygens (including phenoxy) is 1. The van der Waals surface area contributed by atoms with Crippen LogP contribution in [0.1, 0.15) is 47.6 Å². The van der Waals surface area contributed by atoms with Crippen molar-refractivity contribution in [3.05, 3.63) is 17.0 Å². The third kappa shape index (κ3) is 1.76. The van der Waals surface area contributed by atoms with Crippen LogP contribution in [0.4, 0.5) is 0 Å². The van der Waals surface area contributed by atoms with Gasteiger partial charge in [-0.2, -0.15) is 5.10 Å². The molecule has 15 heavy (non-hydrogen) atoms. The van der Waals surface area contributed by atoms with Gasteiger partial charge in [-0.3, -0.25) is 4.68 Å². The molecule has 1 fully saturated rings. The Kier molecular flexibility index (Phi) is 2.50. The van der Waals surface area contributed by atoms with Crippen LogP contribution in [0.3, 0.4) is 0 Å². The summed E-state index contributed by atoms with van der Waals surface area (Å²) in [7, 11) is 0. The number of rotatable bonds is 3. The zero-order valence-electron chi connectivity index (χ0n) is 9.41. The van der Waals surface area contributed by atoms with Crippen LogP contribution in [-0.4, -0.2) is 22.4 Å². The number of nitrogens with zero attached hydrogens (tertiary/aromatic N) is 2. The van der Waals surface area contributed by atoms with Gasteiger partial charge in [-0.05, 0) is 33.6 Å². The van der Waals surface area contributed by atoms with Gasteiger partial charge < -0.3 is 4.74 Å². The van der Waals surface area contributed by atoms with Gasteiger partial charge in [0, 0.05) is 0 Å². The van der Waals surface area contributed by atoms with Crippen LogP contribution in [-0.2, 0) is 4.74 Å². The third-order valence-electron chi connectivity index (χ3n) is 2.70. The summed E-state index contributed by atoms with van der Waals surface area (Å²) in [5, 5.41) is 4.39. The molecular formula is C11H16N2O2. The molecule has 4 nitrogen and oxygen atoms in total. The van der Waals surface area contributed by atoms with Crippen LogP contribution in [0.15, 0.2) is 0 Å². The van der Waals surface area contributed by atoms with Crippen molar-refractivity contribution in [2.45, 2.75) is 39.7 Å². The number of hydrogen-bond acceptors (Lipinski definition) is 3. The first-order valence-corrected chi connectivity index (χ1v) is 5.38. The Hall–Kier alpha value is -1.32. The van der Waals surface area contributed by atoms with E-state index in [1.807, 2.05) is 25.5 Å². The monoisotopic (exact) mass is 208 g/mol. The fourth-order valence-corrected chi connectivity index (χ4v) is 1.84. The van der Waals surface area contributed by atoms with Crippen LogP contribution in [0.2, 0.25) is 0 Å². The molecule has 0 aliphatic heterocycles. The molecule has 2 rings (SSSR count). The zero-order valence-corrected chi connectivity index (χ0v) is 9.41. The summed E-state index contributed by atoms with van der Waals surface area (Å²) in [6, 6.07) is 0.506. The van der Waals surface area contributed by atoms with Crippen LogP contribution in [0.25, 0.3) is 0 Å². The van der Waals surface area contributed by atoms with Gasteiger partial charge >= 0.3 is 5.97 Å². The van der Waals surface area contributed by atoms with E-state index >= 15 is 0 Å². The standard InChI is InChI=1S/C11H16N2O2/c1-4-15-11(14)10-7(2)12-13(8(10)3)9-5-6-9/h9H,4-6H2,1-3H3. The topological polar surface area (TPSA) is 44.1 Å². The first-order chi connectivity index (χ1) is 7.15. The van der Waals surface area contributed by atoms with Crippen LogP contribution in [0, 0.1) is 13.8 Å². The van der Waals surface area contributed by atoms with E-state index in [-0.39, 0.29) is 5.97 Å². The molecule has 4 heteroatoms. The molecule has 82 valence electrons. The Morgan fingerprint density at radius 2 is 2.20 bits per heavy atom. The number of carbonyl (C=O) groups excluding carboxylic acids is 1. The maximum atomic E-state index is 11.7. The summed E-state index contributed by atoms with van der Waals surface area (Å²) in [5.41, 5.74) is 2.36. The van der Waals surface area contributed by atoms with Gasteiger partial charge in [-0.1, -0.05) is 0 Å². The van der Waals surface area contributed by atoms with Crippen LogP contribution in [0.5, 0.6) is 0 Å². The quantitative estimate of drug-likeness (QED) is 0.714. The second kappa shape index (κ2) is 3.68. The van der Waals surface area contributed by atoms with E-state index in [2.05, 4.69) is 5.10 Å². The lowest BCUT2D eigenvalue weighted by atomic mass is 10.2. The summed E-state index contributed by atoms with van der Waals surface area (Å²) in [6.45, 7) is 6.02. The van der Waals surface area contributed by atoms with E-state index < -0.39 is 0 Å². The minimum Gasteiger partial charge on any atom is -0.462 e. The average molecular weight is 208 g/mol. The maximum Gasteiger partial charge on any atom is 0.341 e. The number of aromatic nitrogens is 2. The van der Waals surface area contributed by atoms with E-state index in [9.17, 15) is 4.79 Å². The second-order valence-electron chi connectivity index (χ2n) is 3.94. The van der Waals surface area contributed by atoms with Crippen LogP contribution >= 0.6 is 0 Å². The fraction of sp³-hybridized carbons (Fsp3) is 0.636. The van der Waals surface area contributed by atoms with Crippen molar-refractivity contribution in [1.29, 1.82) is 0 Å². The van der Waals surface area contributed by atoms with Gasteiger partial charge in [0.1, 0.15) is 5.56 Å². The van der Waals surface area contributed by atoms with Crippen LogP contribution < -0.4 is 0 Å². The van der Waals surface area contributed by atoms with Crippen molar-refractivity contribution in [1.82, 2.24) is 9.78 Å². The highest BCUT2D eigenvalue weighted by Crippen LogP contribution is 2.36. The van der Waals surface area contributed by atoms with E-state index in [0.29, 0.717) is 18.2 Å². The zero-order chi connectivity index (χ0) is 11.0. The van der Waals surface area contributed by atoms with Gasteiger partial charge in [0.15, 0.2) is 0 Å². The Morgan fingerprint density at radius 1 is 1.53 bits per heavy atom. The van der Waals surface area contributed by atoms with Gasteiger partial charge in [-0.15, -0.1) is 0 Å². The lowest BCUT2D eigenvalue weighted by Crippen LogP contribution is -2.07. The molecule has 0 aromatic carbocycles. The molecule has 0 atom stereocenters. The van der Waals surface area contributed by atoms with Crippen molar-refractivity contribution in [2.24, 2.45) is 0 Å². The Labute approximate surface area is 89.2 Å². The van der Waals surface area contributed by atoms with Crippen molar-refractivity contribution < 1.29 is 9.53 Å². The first kappa shape index (κ1) is 10.2. The van der Waals surface area contributed by atoms with Crippen molar-refractivity contribution in [2.75, 3.05) is 6.61 Å². The molecule has 1 saturated carbocycles. The summed E-state index contributed by atoms with van der Waals surface area (Å²) < 4.78 is 6.97. The van der Waals surface area contributed by atoms with Gasteiger partial charge in [-0.25, -0.2) is 4.79 Å². The summed E-state index contributed by atoms with van der Waals surface area (Å²) >= 11 is 0. The highest BCUT2D eigenvalue weighted by molar-refractivity contribution is 5.91. The predicted molar refractivity (Wildman–Crippen MR) is 55.9 cm³/mol. The smallest absolute Gasteiger partial charge is 0.341 e. The molecule has 1 aliphatic carbocycles. The van der Waals surface area contributed by atoms with Gasteiger partial charge in [0.25, 0.3) is 0 Å². The molecule has 0 amide bonds. The van der Waals surface area contributed by atoms with Crippen molar-refractivity contribution in [3.63, 3.8) is 0 Å². The van der Waals surface area contributed by atoms with Gasteiger partial charge in [0.05, 0.1) is 24.0 Å². The maximum absolute atomic E-state index is 11.7. The van der Waals surface area contributed by atoms with Crippen molar-refractivity contribution in [3.8, 4) is 0 Å². The summed E-state index contributed by atoms with van der Waals surface area (Å²) in [6.07, 6.45) is 2.34. The Morgan fingerprint density at radius 3 is 2.73 bits per heavy atom. The van der Waals surface area contributed by atoms with E-state index in [1.54, 1.807) is 0 Å². The predicted octanol–water partition coefficient (Wildman–Crippen LogP) is 2.01. The molecule has 0 unspecified atom stereocenters.